The van der Waals surface area contributed by atoms with Crippen LogP contribution in [0, 0.1) is 23.3 Å². The third kappa shape index (κ3) is 3.04. The predicted octanol–water partition coefficient (Wildman–Crippen LogP) is 3.68. The number of hydrogen-bond donors (Lipinski definition) is 0. The van der Waals surface area contributed by atoms with E-state index < -0.39 is 41.0 Å². The highest BCUT2D eigenvalue weighted by Crippen LogP contribution is 2.23. The van der Waals surface area contributed by atoms with E-state index in [4.69, 9.17) is 4.74 Å². The molecule has 0 saturated carbocycles. The zero-order valence-electron chi connectivity index (χ0n) is 10.9. The topological polar surface area (TPSA) is 26.3 Å². The van der Waals surface area contributed by atoms with Crippen LogP contribution in [-0.2, 0) is 6.42 Å². The second-order valence-electron chi connectivity index (χ2n) is 4.28. The van der Waals surface area contributed by atoms with Crippen molar-refractivity contribution in [3.8, 4) is 5.75 Å². The van der Waals surface area contributed by atoms with Gasteiger partial charge in [0.25, 0.3) is 0 Å². The predicted molar refractivity (Wildman–Crippen MR) is 67.3 cm³/mol. The van der Waals surface area contributed by atoms with E-state index in [1.165, 1.54) is 25.3 Å². The molecule has 0 saturated heterocycles. The van der Waals surface area contributed by atoms with Crippen molar-refractivity contribution in [2.24, 2.45) is 0 Å². The Morgan fingerprint density at radius 1 is 1.10 bits per heavy atom. The molecule has 0 fully saturated rings. The zero-order chi connectivity index (χ0) is 15.6. The van der Waals surface area contributed by atoms with E-state index in [1.54, 1.807) is 0 Å². The van der Waals surface area contributed by atoms with Crippen LogP contribution in [0.3, 0.4) is 0 Å². The summed E-state index contributed by atoms with van der Waals surface area (Å²) >= 11 is 0. The quantitative estimate of drug-likeness (QED) is 0.636. The Kier molecular flexibility index (Phi) is 4.26. The van der Waals surface area contributed by atoms with Gasteiger partial charge in [-0.05, 0) is 11.6 Å². The molecule has 2 rings (SSSR count). The van der Waals surface area contributed by atoms with Crippen molar-refractivity contribution in [2.75, 3.05) is 7.11 Å². The van der Waals surface area contributed by atoms with Crippen LogP contribution in [0.25, 0.3) is 0 Å². The molecule has 2 nitrogen and oxygen atoms in total. The Hall–Kier alpha value is -2.37. The molecule has 0 heterocycles. The number of halogens is 4. The van der Waals surface area contributed by atoms with E-state index in [0.29, 0.717) is 12.1 Å². The van der Waals surface area contributed by atoms with E-state index in [1.807, 2.05) is 0 Å². The number of ether oxygens (including phenoxy) is 1. The molecular formula is C15H10F4O2. The van der Waals surface area contributed by atoms with Gasteiger partial charge in [-0.15, -0.1) is 0 Å². The average molecular weight is 298 g/mol. The lowest BCUT2D eigenvalue weighted by molar-refractivity contribution is 0.0983. The average Bonchev–Trinajstić information content (AvgIpc) is 2.40. The minimum Gasteiger partial charge on any atom is -0.494 e. The van der Waals surface area contributed by atoms with Crippen molar-refractivity contribution in [3.63, 3.8) is 0 Å². The minimum atomic E-state index is -1.32. The van der Waals surface area contributed by atoms with Crippen molar-refractivity contribution in [1.82, 2.24) is 0 Å². The second-order valence-corrected chi connectivity index (χ2v) is 4.28. The standard InChI is InChI=1S/C15H10F4O2/c1-21-13-4-2-3-8(15(13)19)5-12(20)14-10(17)6-9(16)7-11(14)18/h2-4,6-7H,5H2,1H3. The number of Topliss-reactive ketones (excluding diaryl/α,β-unsaturated/α-hetero) is 1. The minimum absolute atomic E-state index is 0.0672. The molecule has 6 heteroatoms. The van der Waals surface area contributed by atoms with Gasteiger partial charge >= 0.3 is 0 Å². The Bertz CT molecular complexity index is 675. The smallest absolute Gasteiger partial charge is 0.173 e. The zero-order valence-corrected chi connectivity index (χ0v) is 10.9. The van der Waals surface area contributed by atoms with E-state index in [2.05, 4.69) is 0 Å². The number of carbonyl (C=O) groups excluding carboxylic acids is 1. The molecule has 0 spiro atoms. The summed E-state index contributed by atoms with van der Waals surface area (Å²) in [4.78, 5) is 11.9. The third-order valence-corrected chi connectivity index (χ3v) is 2.90. The molecule has 0 aliphatic carbocycles. The molecular weight excluding hydrogens is 288 g/mol. The largest absolute Gasteiger partial charge is 0.494 e. The summed E-state index contributed by atoms with van der Waals surface area (Å²) in [6.07, 6.45) is -0.567. The van der Waals surface area contributed by atoms with Gasteiger partial charge in [0.1, 0.15) is 17.5 Å². The first-order chi connectivity index (χ1) is 9.93. The summed E-state index contributed by atoms with van der Waals surface area (Å²) in [7, 11) is 1.25. The SMILES string of the molecule is COc1cccc(CC(=O)c2c(F)cc(F)cc2F)c1F. The maximum Gasteiger partial charge on any atom is 0.173 e. The molecule has 0 aliphatic heterocycles. The number of carbonyl (C=O) groups is 1. The summed E-state index contributed by atoms with van der Waals surface area (Å²) < 4.78 is 58.4. The number of rotatable bonds is 4. The molecule has 0 N–H and O–H groups in total. The van der Waals surface area contributed by atoms with Crippen molar-refractivity contribution < 1.29 is 27.1 Å². The highest BCUT2D eigenvalue weighted by atomic mass is 19.1. The number of benzene rings is 2. The van der Waals surface area contributed by atoms with Crippen LogP contribution < -0.4 is 4.74 Å². The van der Waals surface area contributed by atoms with E-state index in [-0.39, 0.29) is 11.3 Å². The third-order valence-electron chi connectivity index (χ3n) is 2.90. The highest BCUT2D eigenvalue weighted by molar-refractivity contribution is 5.98. The van der Waals surface area contributed by atoms with Gasteiger partial charge in [-0.1, -0.05) is 12.1 Å². The van der Waals surface area contributed by atoms with E-state index >= 15 is 0 Å². The summed E-state index contributed by atoms with van der Waals surface area (Å²) in [6, 6.07) is 4.90. The number of hydrogen-bond acceptors (Lipinski definition) is 2. The molecule has 0 amide bonds. The molecule has 21 heavy (non-hydrogen) atoms. The van der Waals surface area contributed by atoms with Crippen LogP contribution >= 0.6 is 0 Å². The van der Waals surface area contributed by atoms with Gasteiger partial charge in [0.05, 0.1) is 12.7 Å². The highest BCUT2D eigenvalue weighted by Gasteiger charge is 2.21. The lowest BCUT2D eigenvalue weighted by Gasteiger charge is -2.08. The van der Waals surface area contributed by atoms with Gasteiger partial charge in [0.15, 0.2) is 17.3 Å². The van der Waals surface area contributed by atoms with Gasteiger partial charge in [0, 0.05) is 18.6 Å². The van der Waals surface area contributed by atoms with E-state index in [0.717, 1.165) is 0 Å². The number of ketones is 1. The molecule has 2 aromatic rings. The fourth-order valence-electron chi connectivity index (χ4n) is 1.92. The molecule has 0 aromatic heterocycles. The Labute approximate surface area is 118 Å². The fraction of sp³-hybridized carbons (Fsp3) is 0.133. The summed E-state index contributed by atoms with van der Waals surface area (Å²) in [5, 5.41) is 0. The first kappa shape index (κ1) is 15.0. The van der Waals surface area contributed by atoms with Crippen LogP contribution in [0.2, 0.25) is 0 Å². The van der Waals surface area contributed by atoms with Gasteiger partial charge < -0.3 is 4.74 Å². The second kappa shape index (κ2) is 5.95. The summed E-state index contributed by atoms with van der Waals surface area (Å²) in [6.45, 7) is 0. The lowest BCUT2D eigenvalue weighted by atomic mass is 10.0. The molecule has 0 atom stereocenters. The summed E-state index contributed by atoms with van der Waals surface area (Å²) in [5.74, 6) is -5.62. The Morgan fingerprint density at radius 3 is 2.29 bits per heavy atom. The Morgan fingerprint density at radius 2 is 1.71 bits per heavy atom. The number of methoxy groups -OCH3 is 1. The molecule has 0 radical (unpaired) electrons. The van der Waals surface area contributed by atoms with Crippen molar-refractivity contribution in [3.05, 3.63) is 64.7 Å². The lowest BCUT2D eigenvalue weighted by Crippen LogP contribution is -2.11. The fourth-order valence-corrected chi connectivity index (χ4v) is 1.92. The van der Waals surface area contributed by atoms with Crippen LogP contribution in [0.4, 0.5) is 17.6 Å². The Balaban J connectivity index is 2.35. The molecule has 0 bridgehead atoms. The van der Waals surface area contributed by atoms with Gasteiger partial charge in [-0.3, -0.25) is 4.79 Å². The molecule has 2 aromatic carbocycles. The molecule has 0 aliphatic rings. The molecule has 110 valence electrons. The molecule has 0 unspecified atom stereocenters. The first-order valence-electron chi connectivity index (χ1n) is 5.93. The van der Waals surface area contributed by atoms with Gasteiger partial charge in [0.2, 0.25) is 0 Å². The first-order valence-corrected chi connectivity index (χ1v) is 5.93. The van der Waals surface area contributed by atoms with Crippen molar-refractivity contribution in [1.29, 1.82) is 0 Å². The van der Waals surface area contributed by atoms with Gasteiger partial charge in [-0.2, -0.15) is 0 Å². The maximum absolute atomic E-state index is 13.9. The van der Waals surface area contributed by atoms with Crippen LogP contribution in [0.15, 0.2) is 30.3 Å². The van der Waals surface area contributed by atoms with Crippen LogP contribution in [-0.4, -0.2) is 12.9 Å². The van der Waals surface area contributed by atoms with Crippen LogP contribution in [0.1, 0.15) is 15.9 Å². The monoisotopic (exact) mass is 298 g/mol. The maximum atomic E-state index is 13.9. The van der Waals surface area contributed by atoms with Gasteiger partial charge in [-0.25, -0.2) is 17.6 Å². The normalized spacial score (nSPS) is 10.5. The van der Waals surface area contributed by atoms with Crippen molar-refractivity contribution in [2.45, 2.75) is 6.42 Å². The van der Waals surface area contributed by atoms with E-state index in [9.17, 15) is 22.4 Å². The van der Waals surface area contributed by atoms with Crippen LogP contribution in [0.5, 0.6) is 5.75 Å². The van der Waals surface area contributed by atoms with Crippen molar-refractivity contribution >= 4 is 5.78 Å². The summed E-state index contributed by atoms with van der Waals surface area (Å²) in [5.41, 5.74) is -0.957.